The first-order valence-electron chi connectivity index (χ1n) is 4.65. The summed E-state index contributed by atoms with van der Waals surface area (Å²) in [5.74, 6) is 0.122. The fourth-order valence-electron chi connectivity index (χ4n) is 0.925. The van der Waals surface area contributed by atoms with Gasteiger partial charge in [0.15, 0.2) is 0 Å². The molecule has 0 aromatic heterocycles. The van der Waals surface area contributed by atoms with E-state index in [1.165, 1.54) is 0 Å². The molecule has 1 amide bonds. The minimum absolute atomic E-state index is 0. The van der Waals surface area contributed by atoms with Crippen LogP contribution in [0.3, 0.4) is 0 Å². The van der Waals surface area contributed by atoms with Gasteiger partial charge in [0.2, 0.25) is 5.91 Å². The van der Waals surface area contributed by atoms with Crippen LogP contribution in [0.5, 0.6) is 0 Å². The van der Waals surface area contributed by atoms with E-state index in [0.717, 1.165) is 6.54 Å². The number of amides is 1. The van der Waals surface area contributed by atoms with Gasteiger partial charge in [0.25, 0.3) is 0 Å². The molecule has 2 N–H and O–H groups in total. The first-order chi connectivity index (χ1) is 6.11. The van der Waals surface area contributed by atoms with E-state index < -0.39 is 0 Å². The van der Waals surface area contributed by atoms with Gasteiger partial charge in [-0.3, -0.25) is 4.79 Å². The summed E-state index contributed by atoms with van der Waals surface area (Å²) in [4.78, 5) is 11.3. The maximum atomic E-state index is 11.3. The van der Waals surface area contributed by atoms with E-state index in [4.69, 9.17) is 0 Å². The fourth-order valence-corrected chi connectivity index (χ4v) is 1.22. The standard InChI is InChI=1S/C9H20N2OS.ClH/c1-5-10-7(2)6-11-9(12)8(3)13-4;/h7-8,10H,5-6H2,1-4H3,(H,11,12);1H/t7-,8?;/m1./s1. The lowest BCUT2D eigenvalue weighted by molar-refractivity contribution is -0.120. The second-order valence-corrected chi connectivity index (χ2v) is 4.26. The van der Waals surface area contributed by atoms with Crippen molar-refractivity contribution in [1.82, 2.24) is 10.6 Å². The molecule has 0 aliphatic carbocycles. The van der Waals surface area contributed by atoms with E-state index in [9.17, 15) is 4.79 Å². The first kappa shape index (κ1) is 16.5. The molecule has 0 fully saturated rings. The van der Waals surface area contributed by atoms with Crippen LogP contribution >= 0.6 is 24.2 Å². The molecule has 0 rings (SSSR count). The molecule has 1 unspecified atom stereocenters. The van der Waals surface area contributed by atoms with Gasteiger partial charge in [0.1, 0.15) is 0 Å². The Kier molecular flexibility index (Phi) is 11.3. The quantitative estimate of drug-likeness (QED) is 0.735. The van der Waals surface area contributed by atoms with Crippen molar-refractivity contribution < 1.29 is 4.79 Å². The van der Waals surface area contributed by atoms with Crippen LogP contribution in [0, 0.1) is 0 Å². The summed E-state index contributed by atoms with van der Waals surface area (Å²) in [6.45, 7) is 7.68. The summed E-state index contributed by atoms with van der Waals surface area (Å²) in [6.07, 6.45) is 1.94. The molecule has 0 spiro atoms. The average molecular weight is 241 g/mol. The number of thioether (sulfide) groups is 1. The van der Waals surface area contributed by atoms with Crippen molar-refractivity contribution in [2.75, 3.05) is 19.3 Å². The molecule has 5 heteroatoms. The molecule has 2 atom stereocenters. The van der Waals surface area contributed by atoms with Gasteiger partial charge in [0, 0.05) is 12.6 Å². The van der Waals surface area contributed by atoms with Crippen molar-refractivity contribution in [1.29, 1.82) is 0 Å². The third-order valence-electron chi connectivity index (χ3n) is 1.86. The summed E-state index contributed by atoms with van der Waals surface area (Å²) in [7, 11) is 0. The molecular formula is C9H21ClN2OS. The zero-order valence-electron chi connectivity index (χ0n) is 9.29. The number of likely N-dealkylation sites (N-methyl/N-ethyl adjacent to an activating group) is 1. The Labute approximate surface area is 97.2 Å². The van der Waals surface area contributed by atoms with E-state index >= 15 is 0 Å². The van der Waals surface area contributed by atoms with E-state index in [2.05, 4.69) is 24.5 Å². The lowest BCUT2D eigenvalue weighted by Crippen LogP contribution is -2.41. The van der Waals surface area contributed by atoms with Crippen molar-refractivity contribution in [2.24, 2.45) is 0 Å². The van der Waals surface area contributed by atoms with Gasteiger partial charge in [-0.25, -0.2) is 0 Å². The molecule has 0 saturated heterocycles. The highest BCUT2D eigenvalue weighted by molar-refractivity contribution is 7.99. The van der Waals surface area contributed by atoms with Crippen molar-refractivity contribution in [3.63, 3.8) is 0 Å². The van der Waals surface area contributed by atoms with Gasteiger partial charge in [-0.15, -0.1) is 12.4 Å². The minimum Gasteiger partial charge on any atom is -0.354 e. The molecular weight excluding hydrogens is 220 g/mol. The van der Waals surface area contributed by atoms with Crippen LogP contribution in [-0.4, -0.2) is 36.5 Å². The van der Waals surface area contributed by atoms with Crippen molar-refractivity contribution >= 4 is 30.1 Å². The maximum absolute atomic E-state index is 11.3. The van der Waals surface area contributed by atoms with E-state index in [1.54, 1.807) is 11.8 Å². The van der Waals surface area contributed by atoms with Gasteiger partial charge >= 0.3 is 0 Å². The molecule has 3 nitrogen and oxygen atoms in total. The molecule has 0 bridgehead atoms. The number of carbonyl (C=O) groups is 1. The Balaban J connectivity index is 0. The first-order valence-corrected chi connectivity index (χ1v) is 5.94. The second kappa shape index (κ2) is 9.62. The fraction of sp³-hybridized carbons (Fsp3) is 0.889. The van der Waals surface area contributed by atoms with Gasteiger partial charge in [-0.05, 0) is 26.6 Å². The molecule has 0 aromatic rings. The Hall–Kier alpha value is 0.0700. The number of hydrogen-bond acceptors (Lipinski definition) is 3. The SMILES string of the molecule is CCN[C@H](C)CNC(=O)C(C)SC.Cl. The molecule has 0 aromatic carbocycles. The number of nitrogens with one attached hydrogen (secondary N) is 2. The zero-order valence-corrected chi connectivity index (χ0v) is 10.9. The summed E-state index contributed by atoms with van der Waals surface area (Å²) < 4.78 is 0. The van der Waals surface area contributed by atoms with Crippen LogP contribution in [0.4, 0.5) is 0 Å². The molecule has 14 heavy (non-hydrogen) atoms. The summed E-state index contributed by atoms with van der Waals surface area (Å²) >= 11 is 1.57. The number of rotatable bonds is 6. The largest absolute Gasteiger partial charge is 0.354 e. The monoisotopic (exact) mass is 240 g/mol. The highest BCUT2D eigenvalue weighted by Gasteiger charge is 2.10. The van der Waals surface area contributed by atoms with E-state index in [-0.39, 0.29) is 23.6 Å². The molecule has 0 aliphatic rings. The number of halogens is 1. The highest BCUT2D eigenvalue weighted by atomic mass is 35.5. The van der Waals surface area contributed by atoms with Crippen LogP contribution < -0.4 is 10.6 Å². The van der Waals surface area contributed by atoms with Gasteiger partial charge < -0.3 is 10.6 Å². The van der Waals surface area contributed by atoms with Crippen LogP contribution in [0.2, 0.25) is 0 Å². The highest BCUT2D eigenvalue weighted by Crippen LogP contribution is 2.03. The van der Waals surface area contributed by atoms with Crippen molar-refractivity contribution in [3.8, 4) is 0 Å². The van der Waals surface area contributed by atoms with Crippen LogP contribution in [-0.2, 0) is 4.79 Å². The Morgan fingerprint density at radius 2 is 2.00 bits per heavy atom. The molecule has 86 valence electrons. The average Bonchev–Trinajstić information content (AvgIpc) is 2.13. The number of hydrogen-bond donors (Lipinski definition) is 2. The van der Waals surface area contributed by atoms with Crippen LogP contribution in [0.1, 0.15) is 20.8 Å². The van der Waals surface area contributed by atoms with E-state index in [1.807, 2.05) is 13.2 Å². The summed E-state index contributed by atoms with van der Waals surface area (Å²) in [6, 6.07) is 0.350. The Morgan fingerprint density at radius 3 is 2.43 bits per heavy atom. The van der Waals surface area contributed by atoms with Gasteiger partial charge in [-0.2, -0.15) is 11.8 Å². The van der Waals surface area contributed by atoms with Crippen molar-refractivity contribution in [2.45, 2.75) is 32.1 Å². The Morgan fingerprint density at radius 1 is 1.43 bits per heavy atom. The predicted molar refractivity (Wildman–Crippen MR) is 66.4 cm³/mol. The third kappa shape index (κ3) is 7.47. The lowest BCUT2D eigenvalue weighted by Gasteiger charge is -2.15. The molecule has 0 aliphatic heterocycles. The molecule has 0 heterocycles. The van der Waals surface area contributed by atoms with Crippen LogP contribution in [0.25, 0.3) is 0 Å². The van der Waals surface area contributed by atoms with Crippen molar-refractivity contribution in [3.05, 3.63) is 0 Å². The van der Waals surface area contributed by atoms with Gasteiger partial charge in [0.05, 0.1) is 5.25 Å². The third-order valence-corrected chi connectivity index (χ3v) is 2.78. The minimum atomic E-state index is 0. The lowest BCUT2D eigenvalue weighted by atomic mass is 10.3. The predicted octanol–water partition coefficient (Wildman–Crippen LogP) is 1.27. The zero-order chi connectivity index (χ0) is 10.3. The second-order valence-electron chi connectivity index (χ2n) is 3.08. The smallest absolute Gasteiger partial charge is 0.232 e. The maximum Gasteiger partial charge on any atom is 0.232 e. The van der Waals surface area contributed by atoms with Gasteiger partial charge in [-0.1, -0.05) is 6.92 Å². The number of carbonyl (C=O) groups excluding carboxylic acids is 1. The summed E-state index contributed by atoms with van der Waals surface area (Å²) in [5.41, 5.74) is 0. The van der Waals surface area contributed by atoms with Crippen LogP contribution in [0.15, 0.2) is 0 Å². The topological polar surface area (TPSA) is 41.1 Å². The van der Waals surface area contributed by atoms with E-state index in [0.29, 0.717) is 12.6 Å². The Bertz CT molecular complexity index is 158. The molecule has 0 radical (unpaired) electrons. The normalized spacial score (nSPS) is 14.0. The molecule has 0 saturated carbocycles. The summed E-state index contributed by atoms with van der Waals surface area (Å²) in [5, 5.41) is 6.18.